The van der Waals surface area contributed by atoms with Crippen LogP contribution in [0.5, 0.6) is 5.75 Å². The van der Waals surface area contributed by atoms with Gasteiger partial charge in [0, 0.05) is 6.54 Å². The van der Waals surface area contributed by atoms with Crippen molar-refractivity contribution in [1.82, 2.24) is 9.55 Å². The minimum atomic E-state index is -0.844. The smallest absolute Gasteiger partial charge is 0.307 e. The molecule has 1 N–H and O–H groups in total. The van der Waals surface area contributed by atoms with Crippen LogP contribution in [0.3, 0.4) is 0 Å². The summed E-state index contributed by atoms with van der Waals surface area (Å²) in [6, 6.07) is 7.17. The molecule has 2 rings (SSSR count). The van der Waals surface area contributed by atoms with E-state index < -0.39 is 5.97 Å². The first kappa shape index (κ1) is 14.1. The van der Waals surface area contributed by atoms with Crippen LogP contribution in [-0.4, -0.2) is 20.6 Å². The number of benzene rings is 1. The number of hydrogen-bond donors (Lipinski definition) is 1. The first-order chi connectivity index (χ1) is 9.69. The topological polar surface area (TPSA) is 64.4 Å². The maximum atomic E-state index is 10.7. The average molecular weight is 274 g/mol. The number of imidazole rings is 1. The van der Waals surface area contributed by atoms with Crippen LogP contribution >= 0.6 is 0 Å². The van der Waals surface area contributed by atoms with E-state index in [0.29, 0.717) is 12.4 Å². The molecule has 20 heavy (non-hydrogen) atoms. The van der Waals surface area contributed by atoms with Crippen molar-refractivity contribution in [3.8, 4) is 5.75 Å². The fraction of sp³-hybridized carbons (Fsp3) is 0.333. The van der Waals surface area contributed by atoms with Crippen LogP contribution in [0.2, 0.25) is 0 Å². The third-order valence-electron chi connectivity index (χ3n) is 2.90. The molecule has 1 aromatic carbocycles. The SMILES string of the molecule is CCCn1cncc1COc1cccc(CC(=O)O)c1. The number of aliphatic carboxylic acids is 1. The van der Waals surface area contributed by atoms with Gasteiger partial charge in [0.05, 0.1) is 24.6 Å². The van der Waals surface area contributed by atoms with E-state index in [1.54, 1.807) is 30.7 Å². The molecule has 5 nitrogen and oxygen atoms in total. The van der Waals surface area contributed by atoms with Gasteiger partial charge in [-0.3, -0.25) is 4.79 Å². The highest BCUT2D eigenvalue weighted by atomic mass is 16.5. The van der Waals surface area contributed by atoms with Crippen molar-refractivity contribution in [2.45, 2.75) is 32.9 Å². The van der Waals surface area contributed by atoms with Gasteiger partial charge in [0.25, 0.3) is 0 Å². The van der Waals surface area contributed by atoms with Gasteiger partial charge in [0.1, 0.15) is 12.4 Å². The molecule has 0 bridgehead atoms. The van der Waals surface area contributed by atoms with Crippen molar-refractivity contribution in [1.29, 1.82) is 0 Å². The highest BCUT2D eigenvalue weighted by Gasteiger charge is 2.05. The first-order valence-electron chi connectivity index (χ1n) is 6.61. The van der Waals surface area contributed by atoms with E-state index in [1.807, 2.05) is 6.07 Å². The molecule has 0 fully saturated rings. The van der Waals surface area contributed by atoms with E-state index in [9.17, 15) is 4.79 Å². The van der Waals surface area contributed by atoms with E-state index in [0.717, 1.165) is 24.2 Å². The van der Waals surface area contributed by atoms with Crippen LogP contribution < -0.4 is 4.74 Å². The van der Waals surface area contributed by atoms with Gasteiger partial charge in [0.15, 0.2) is 0 Å². The van der Waals surface area contributed by atoms with Crippen molar-refractivity contribution < 1.29 is 14.6 Å². The lowest BCUT2D eigenvalue weighted by atomic mass is 10.1. The van der Waals surface area contributed by atoms with Gasteiger partial charge in [-0.2, -0.15) is 0 Å². The predicted molar refractivity (Wildman–Crippen MR) is 74.6 cm³/mol. The monoisotopic (exact) mass is 274 g/mol. The summed E-state index contributed by atoms with van der Waals surface area (Å²) in [5, 5.41) is 8.78. The van der Waals surface area contributed by atoms with Gasteiger partial charge in [-0.1, -0.05) is 19.1 Å². The molecule has 1 heterocycles. The third-order valence-corrected chi connectivity index (χ3v) is 2.90. The zero-order valence-electron chi connectivity index (χ0n) is 11.5. The summed E-state index contributed by atoms with van der Waals surface area (Å²) in [4.78, 5) is 14.8. The van der Waals surface area contributed by atoms with Gasteiger partial charge in [0.2, 0.25) is 0 Å². The Balaban J connectivity index is 1.99. The molecule has 0 radical (unpaired) electrons. The lowest BCUT2D eigenvalue weighted by Gasteiger charge is -2.09. The summed E-state index contributed by atoms with van der Waals surface area (Å²) in [7, 11) is 0. The minimum Gasteiger partial charge on any atom is -0.487 e. The van der Waals surface area contributed by atoms with Crippen molar-refractivity contribution in [2.24, 2.45) is 0 Å². The number of rotatable bonds is 7. The molecule has 0 spiro atoms. The van der Waals surface area contributed by atoms with Crippen LogP contribution in [0.15, 0.2) is 36.8 Å². The van der Waals surface area contributed by atoms with Gasteiger partial charge >= 0.3 is 5.97 Å². The number of carboxylic acid groups (broad SMARTS) is 1. The van der Waals surface area contributed by atoms with Crippen LogP contribution in [0.25, 0.3) is 0 Å². The molecule has 0 saturated heterocycles. The highest BCUT2D eigenvalue weighted by molar-refractivity contribution is 5.70. The van der Waals surface area contributed by atoms with Crippen molar-refractivity contribution in [3.05, 3.63) is 48.0 Å². The highest BCUT2D eigenvalue weighted by Crippen LogP contribution is 2.15. The maximum absolute atomic E-state index is 10.7. The van der Waals surface area contributed by atoms with E-state index in [4.69, 9.17) is 9.84 Å². The van der Waals surface area contributed by atoms with E-state index >= 15 is 0 Å². The summed E-state index contributed by atoms with van der Waals surface area (Å²) >= 11 is 0. The lowest BCUT2D eigenvalue weighted by Crippen LogP contribution is -2.05. The van der Waals surface area contributed by atoms with Crippen LogP contribution in [0, 0.1) is 0 Å². The van der Waals surface area contributed by atoms with Crippen molar-refractivity contribution in [2.75, 3.05) is 0 Å². The quantitative estimate of drug-likeness (QED) is 0.842. The maximum Gasteiger partial charge on any atom is 0.307 e. The van der Waals surface area contributed by atoms with Gasteiger partial charge in [-0.05, 0) is 24.1 Å². The predicted octanol–water partition coefficient (Wildman–Crippen LogP) is 2.50. The van der Waals surface area contributed by atoms with E-state index in [2.05, 4.69) is 16.5 Å². The number of nitrogens with zero attached hydrogens (tertiary/aromatic N) is 2. The van der Waals surface area contributed by atoms with Gasteiger partial charge < -0.3 is 14.4 Å². The molecule has 0 unspecified atom stereocenters. The molecule has 0 aliphatic rings. The standard InChI is InChI=1S/C15H18N2O3/c1-2-6-17-11-16-9-13(17)10-20-14-5-3-4-12(7-14)8-15(18)19/h3-5,7,9,11H,2,6,8,10H2,1H3,(H,18,19). The normalized spacial score (nSPS) is 10.4. The molecule has 0 aliphatic carbocycles. The molecule has 0 saturated carbocycles. The molecule has 0 amide bonds. The van der Waals surface area contributed by atoms with E-state index in [1.165, 1.54) is 0 Å². The second-order valence-electron chi connectivity index (χ2n) is 4.58. The fourth-order valence-corrected chi connectivity index (χ4v) is 1.99. The Hall–Kier alpha value is -2.30. The minimum absolute atomic E-state index is 0.00493. The van der Waals surface area contributed by atoms with Crippen LogP contribution in [0.4, 0.5) is 0 Å². The van der Waals surface area contributed by atoms with Gasteiger partial charge in [-0.25, -0.2) is 4.98 Å². The molecule has 106 valence electrons. The summed E-state index contributed by atoms with van der Waals surface area (Å²) in [5.41, 5.74) is 1.74. The molecule has 0 atom stereocenters. The molecule has 5 heteroatoms. The fourth-order valence-electron chi connectivity index (χ4n) is 1.99. The van der Waals surface area contributed by atoms with Crippen LogP contribution in [0.1, 0.15) is 24.6 Å². The number of carboxylic acids is 1. The Morgan fingerprint density at radius 1 is 1.45 bits per heavy atom. The van der Waals surface area contributed by atoms with Crippen molar-refractivity contribution in [3.63, 3.8) is 0 Å². The average Bonchev–Trinajstić information content (AvgIpc) is 2.84. The second-order valence-corrected chi connectivity index (χ2v) is 4.58. The summed E-state index contributed by atoms with van der Waals surface area (Å²) in [6.07, 6.45) is 4.63. The summed E-state index contributed by atoms with van der Waals surface area (Å²) < 4.78 is 7.76. The molecular weight excluding hydrogens is 256 g/mol. The Morgan fingerprint density at radius 3 is 3.05 bits per heavy atom. The Labute approximate surface area is 117 Å². The number of aryl methyl sites for hydroxylation is 1. The first-order valence-corrected chi connectivity index (χ1v) is 6.61. The lowest BCUT2D eigenvalue weighted by molar-refractivity contribution is -0.136. The third kappa shape index (κ3) is 3.85. The molecule has 0 aliphatic heterocycles. The zero-order valence-corrected chi connectivity index (χ0v) is 11.5. The van der Waals surface area contributed by atoms with Gasteiger partial charge in [-0.15, -0.1) is 0 Å². The Morgan fingerprint density at radius 2 is 2.30 bits per heavy atom. The number of aromatic nitrogens is 2. The number of hydrogen-bond acceptors (Lipinski definition) is 3. The number of carbonyl (C=O) groups is 1. The summed E-state index contributed by atoms with van der Waals surface area (Å²) in [5.74, 6) is -0.170. The Bertz CT molecular complexity index is 578. The van der Waals surface area contributed by atoms with Crippen LogP contribution in [-0.2, 0) is 24.4 Å². The molecule has 1 aromatic heterocycles. The number of ether oxygens (including phenoxy) is 1. The molecule has 2 aromatic rings. The summed E-state index contributed by atoms with van der Waals surface area (Å²) in [6.45, 7) is 3.45. The Kier molecular flexibility index (Phi) is 4.76. The second kappa shape index (κ2) is 6.75. The zero-order chi connectivity index (χ0) is 14.4. The van der Waals surface area contributed by atoms with Crippen molar-refractivity contribution >= 4 is 5.97 Å². The largest absolute Gasteiger partial charge is 0.487 e. The van der Waals surface area contributed by atoms with E-state index in [-0.39, 0.29) is 6.42 Å². The molecular formula is C15H18N2O3.